The summed E-state index contributed by atoms with van der Waals surface area (Å²) >= 11 is 3.36. The summed E-state index contributed by atoms with van der Waals surface area (Å²) in [5.41, 5.74) is 1.84. The van der Waals surface area contributed by atoms with Gasteiger partial charge in [0.2, 0.25) is 0 Å². The normalized spacial score (nSPS) is 10.1. The minimum atomic E-state index is -0.481. The van der Waals surface area contributed by atoms with Crippen LogP contribution in [0.3, 0.4) is 0 Å². The molecule has 3 nitrogen and oxygen atoms in total. The van der Waals surface area contributed by atoms with E-state index in [2.05, 4.69) is 20.7 Å². The summed E-state index contributed by atoms with van der Waals surface area (Å²) in [6.07, 6.45) is 0. The lowest BCUT2D eigenvalue weighted by Gasteiger charge is -2.09. The molecule has 92 valence electrons. The number of ether oxygens (including phenoxy) is 1. The van der Waals surface area contributed by atoms with Gasteiger partial charge in [0.25, 0.3) is 0 Å². The fourth-order valence-electron chi connectivity index (χ4n) is 1.72. The molecule has 18 heavy (non-hydrogen) atoms. The molecule has 0 aromatic heterocycles. The number of hydrogen-bond acceptors (Lipinski definition) is 3. The molecule has 0 saturated carbocycles. The molecule has 0 aliphatic rings. The van der Waals surface area contributed by atoms with Crippen LogP contribution >= 0.6 is 15.9 Å². The molecule has 0 heterocycles. The zero-order chi connectivity index (χ0) is 13.1. The summed E-state index contributed by atoms with van der Waals surface area (Å²) in [5, 5.41) is 10.0. The number of carbonyl (C=O) groups excluding carboxylic acids is 1. The number of rotatable bonds is 2. The van der Waals surface area contributed by atoms with E-state index in [1.807, 2.05) is 30.3 Å². The Morgan fingerprint density at radius 1 is 1.22 bits per heavy atom. The molecule has 0 bridgehead atoms. The third-order valence-corrected chi connectivity index (χ3v) is 3.18. The Labute approximate surface area is 113 Å². The molecule has 4 heteroatoms. The van der Waals surface area contributed by atoms with Gasteiger partial charge in [-0.05, 0) is 33.6 Å². The highest BCUT2D eigenvalue weighted by Crippen LogP contribution is 2.37. The van der Waals surface area contributed by atoms with Crippen molar-refractivity contribution in [1.82, 2.24) is 0 Å². The van der Waals surface area contributed by atoms with Crippen molar-refractivity contribution in [3.63, 3.8) is 0 Å². The van der Waals surface area contributed by atoms with Gasteiger partial charge in [0.05, 0.1) is 12.7 Å². The van der Waals surface area contributed by atoms with Crippen LogP contribution in [0.1, 0.15) is 10.4 Å². The van der Waals surface area contributed by atoms with Crippen LogP contribution in [0.15, 0.2) is 46.9 Å². The Morgan fingerprint density at radius 2 is 1.89 bits per heavy atom. The Balaban J connectivity index is 2.55. The highest BCUT2D eigenvalue weighted by atomic mass is 79.9. The molecule has 2 aromatic carbocycles. The van der Waals surface area contributed by atoms with Crippen LogP contribution in [0.4, 0.5) is 0 Å². The molecule has 0 atom stereocenters. The number of methoxy groups -OCH3 is 1. The molecule has 0 fully saturated rings. The average molecular weight is 307 g/mol. The molecular weight excluding hydrogens is 296 g/mol. The number of benzene rings is 2. The summed E-state index contributed by atoms with van der Waals surface area (Å²) in [5.74, 6) is -0.443. The van der Waals surface area contributed by atoms with E-state index >= 15 is 0 Å². The lowest BCUT2D eigenvalue weighted by molar-refractivity contribution is 0.0600. The predicted octanol–water partition coefficient (Wildman–Crippen LogP) is 3.61. The van der Waals surface area contributed by atoms with Crippen molar-refractivity contribution in [2.45, 2.75) is 0 Å². The monoisotopic (exact) mass is 306 g/mol. The smallest absolute Gasteiger partial charge is 0.338 e. The van der Waals surface area contributed by atoms with E-state index in [0.29, 0.717) is 15.6 Å². The maximum absolute atomic E-state index is 11.4. The van der Waals surface area contributed by atoms with Crippen LogP contribution in [0.25, 0.3) is 11.1 Å². The van der Waals surface area contributed by atoms with Crippen LogP contribution < -0.4 is 0 Å². The van der Waals surface area contributed by atoms with Crippen LogP contribution in [0, 0.1) is 0 Å². The van der Waals surface area contributed by atoms with E-state index in [4.69, 9.17) is 0 Å². The fourth-order valence-corrected chi connectivity index (χ4v) is 2.40. The highest BCUT2D eigenvalue weighted by Gasteiger charge is 2.14. The number of phenols is 1. The Bertz CT molecular complexity index is 556. The van der Waals surface area contributed by atoms with Crippen molar-refractivity contribution in [2.75, 3.05) is 7.11 Å². The van der Waals surface area contributed by atoms with Crippen LogP contribution in [-0.2, 0) is 4.74 Å². The van der Waals surface area contributed by atoms with Crippen molar-refractivity contribution in [3.05, 3.63) is 52.5 Å². The van der Waals surface area contributed by atoms with Gasteiger partial charge in [0.15, 0.2) is 0 Å². The third kappa shape index (κ3) is 2.38. The Kier molecular flexibility index (Phi) is 3.67. The molecule has 1 N–H and O–H groups in total. The fraction of sp³-hybridized carbons (Fsp3) is 0.0714. The highest BCUT2D eigenvalue weighted by molar-refractivity contribution is 9.10. The maximum Gasteiger partial charge on any atom is 0.338 e. The van der Waals surface area contributed by atoms with Gasteiger partial charge in [0.1, 0.15) is 5.75 Å². The molecule has 0 aliphatic carbocycles. The van der Waals surface area contributed by atoms with Gasteiger partial charge in [-0.15, -0.1) is 0 Å². The number of halogens is 1. The number of aromatic hydroxyl groups is 1. The second-order valence-corrected chi connectivity index (χ2v) is 4.56. The molecule has 0 saturated heterocycles. The molecule has 0 unspecified atom stereocenters. The van der Waals surface area contributed by atoms with Crippen molar-refractivity contribution >= 4 is 21.9 Å². The first kappa shape index (κ1) is 12.6. The minimum absolute atomic E-state index is 0.0379. The Hall–Kier alpha value is -1.81. The number of esters is 1. The molecule has 0 aliphatic heterocycles. The van der Waals surface area contributed by atoms with E-state index in [1.165, 1.54) is 13.2 Å². The van der Waals surface area contributed by atoms with E-state index in [0.717, 1.165) is 5.56 Å². The standard InChI is InChI=1S/C14H11BrO3/c1-18-14(17)10-7-11(15)13(12(16)8-10)9-5-3-2-4-6-9/h2-8,16H,1H3. The largest absolute Gasteiger partial charge is 0.507 e. The minimum Gasteiger partial charge on any atom is -0.507 e. The van der Waals surface area contributed by atoms with E-state index in [-0.39, 0.29) is 5.75 Å². The second kappa shape index (κ2) is 5.23. The number of carbonyl (C=O) groups is 1. The lowest BCUT2D eigenvalue weighted by Crippen LogP contribution is -2.01. The zero-order valence-electron chi connectivity index (χ0n) is 9.68. The summed E-state index contributed by atoms with van der Waals surface area (Å²) in [6, 6.07) is 12.5. The molecule has 0 spiro atoms. The van der Waals surface area contributed by atoms with Gasteiger partial charge >= 0.3 is 5.97 Å². The number of hydrogen-bond donors (Lipinski definition) is 1. The van der Waals surface area contributed by atoms with Gasteiger partial charge in [-0.3, -0.25) is 0 Å². The molecule has 2 aromatic rings. The van der Waals surface area contributed by atoms with E-state index in [9.17, 15) is 9.90 Å². The number of phenolic OH excluding ortho intramolecular Hbond substituents is 1. The van der Waals surface area contributed by atoms with Gasteiger partial charge in [-0.1, -0.05) is 30.3 Å². The van der Waals surface area contributed by atoms with Crippen LogP contribution in [0.2, 0.25) is 0 Å². The topological polar surface area (TPSA) is 46.5 Å². The maximum atomic E-state index is 11.4. The van der Waals surface area contributed by atoms with Gasteiger partial charge < -0.3 is 9.84 Å². The SMILES string of the molecule is COC(=O)c1cc(O)c(-c2ccccc2)c(Br)c1. The summed E-state index contributed by atoms with van der Waals surface area (Å²) in [6.45, 7) is 0. The quantitative estimate of drug-likeness (QED) is 0.862. The van der Waals surface area contributed by atoms with Gasteiger partial charge in [-0.2, -0.15) is 0 Å². The first-order valence-electron chi connectivity index (χ1n) is 5.29. The first-order chi connectivity index (χ1) is 8.63. The lowest BCUT2D eigenvalue weighted by atomic mass is 10.0. The first-order valence-corrected chi connectivity index (χ1v) is 6.09. The molecule has 0 amide bonds. The third-order valence-electron chi connectivity index (χ3n) is 2.55. The Morgan fingerprint density at radius 3 is 2.44 bits per heavy atom. The van der Waals surface area contributed by atoms with E-state index in [1.54, 1.807) is 6.07 Å². The van der Waals surface area contributed by atoms with Gasteiger partial charge in [-0.25, -0.2) is 4.79 Å². The van der Waals surface area contributed by atoms with E-state index < -0.39 is 5.97 Å². The summed E-state index contributed by atoms with van der Waals surface area (Å²) in [4.78, 5) is 11.4. The van der Waals surface area contributed by atoms with Crippen molar-refractivity contribution in [1.29, 1.82) is 0 Å². The van der Waals surface area contributed by atoms with Crippen molar-refractivity contribution in [2.24, 2.45) is 0 Å². The second-order valence-electron chi connectivity index (χ2n) is 3.71. The van der Waals surface area contributed by atoms with Crippen molar-refractivity contribution in [3.8, 4) is 16.9 Å². The van der Waals surface area contributed by atoms with Crippen molar-refractivity contribution < 1.29 is 14.6 Å². The average Bonchev–Trinajstić information content (AvgIpc) is 2.38. The zero-order valence-corrected chi connectivity index (χ0v) is 11.3. The van der Waals surface area contributed by atoms with Gasteiger partial charge in [0, 0.05) is 10.0 Å². The summed E-state index contributed by atoms with van der Waals surface area (Å²) in [7, 11) is 1.30. The van der Waals surface area contributed by atoms with Crippen LogP contribution in [0.5, 0.6) is 5.75 Å². The summed E-state index contributed by atoms with van der Waals surface area (Å²) < 4.78 is 5.27. The molecular formula is C14H11BrO3. The predicted molar refractivity (Wildman–Crippen MR) is 72.6 cm³/mol. The molecule has 2 rings (SSSR count). The van der Waals surface area contributed by atoms with Crippen LogP contribution in [-0.4, -0.2) is 18.2 Å². The molecule has 0 radical (unpaired) electrons.